The molecule has 2 heterocycles. The van der Waals surface area contributed by atoms with Crippen molar-refractivity contribution in [3.63, 3.8) is 0 Å². The zero-order valence-electron chi connectivity index (χ0n) is 17.9. The fourth-order valence-corrected chi connectivity index (χ4v) is 4.31. The Bertz CT molecular complexity index is 1250. The highest BCUT2D eigenvalue weighted by Gasteiger charge is 2.15. The Hall–Kier alpha value is -3.85. The number of hydrogen-bond acceptors (Lipinski definition) is 3. The zero-order valence-corrected chi connectivity index (χ0v) is 17.9. The van der Waals surface area contributed by atoms with E-state index in [1.807, 2.05) is 24.3 Å². The van der Waals surface area contributed by atoms with E-state index in [4.69, 9.17) is 9.97 Å². The monoisotopic (exact) mass is 415 g/mol. The predicted octanol–water partition coefficient (Wildman–Crippen LogP) is 6.85. The molecule has 0 N–H and O–H groups in total. The minimum atomic E-state index is 0.376. The number of rotatable bonds is 7. The van der Waals surface area contributed by atoms with E-state index in [-0.39, 0.29) is 0 Å². The van der Waals surface area contributed by atoms with Crippen molar-refractivity contribution in [2.75, 3.05) is 0 Å². The second kappa shape index (κ2) is 9.52. The first kappa shape index (κ1) is 20.1. The molecule has 0 aliphatic heterocycles. The molecule has 0 bridgehead atoms. The molecule has 0 spiro atoms. The first-order valence-corrected chi connectivity index (χ1v) is 11.2. The molecule has 0 radical (unpaired) electrons. The molecule has 0 fully saturated rings. The minimum Gasteiger partial charge on any atom is -0.253 e. The van der Waals surface area contributed by atoms with E-state index in [9.17, 15) is 0 Å². The number of para-hydroxylation sites is 1. The van der Waals surface area contributed by atoms with Gasteiger partial charge in [-0.3, -0.25) is 4.98 Å². The number of aromatic nitrogens is 3. The molecule has 3 nitrogen and oxygen atoms in total. The van der Waals surface area contributed by atoms with Gasteiger partial charge in [0.05, 0.1) is 11.2 Å². The van der Waals surface area contributed by atoms with Crippen molar-refractivity contribution < 1.29 is 0 Å². The van der Waals surface area contributed by atoms with E-state index in [2.05, 4.69) is 83.8 Å². The Morgan fingerprint density at radius 3 is 1.97 bits per heavy atom. The molecule has 0 saturated heterocycles. The van der Waals surface area contributed by atoms with E-state index in [0.717, 1.165) is 41.6 Å². The summed E-state index contributed by atoms with van der Waals surface area (Å²) in [5.74, 6) is 1.07. The molecular weight excluding hydrogens is 390 g/mol. The topological polar surface area (TPSA) is 38.7 Å². The van der Waals surface area contributed by atoms with Crippen LogP contribution in [0.5, 0.6) is 0 Å². The molecule has 3 aromatic carbocycles. The molecule has 156 valence electrons. The maximum absolute atomic E-state index is 4.94. The number of nitrogens with zero attached hydrogens (tertiary/aromatic N) is 3. The van der Waals surface area contributed by atoms with Crippen molar-refractivity contribution in [2.45, 2.75) is 25.2 Å². The molecule has 0 saturated carbocycles. The average Bonchev–Trinajstić information content (AvgIpc) is 2.88. The van der Waals surface area contributed by atoms with Crippen LogP contribution in [0.4, 0.5) is 0 Å². The van der Waals surface area contributed by atoms with Crippen LogP contribution in [0, 0.1) is 0 Å². The summed E-state index contributed by atoms with van der Waals surface area (Å²) in [5.41, 5.74) is 5.60. The van der Waals surface area contributed by atoms with Gasteiger partial charge in [0.25, 0.3) is 0 Å². The normalized spacial score (nSPS) is 11.2. The third-order valence-corrected chi connectivity index (χ3v) is 5.89. The molecule has 2 aromatic heterocycles. The number of pyridine rings is 1. The molecule has 0 aliphatic rings. The Balaban J connectivity index is 1.43. The second-order valence-corrected chi connectivity index (χ2v) is 7.99. The summed E-state index contributed by atoms with van der Waals surface area (Å²) in [7, 11) is 0. The van der Waals surface area contributed by atoms with E-state index in [0.29, 0.717) is 11.7 Å². The van der Waals surface area contributed by atoms with Crippen molar-refractivity contribution in [1.82, 2.24) is 15.0 Å². The van der Waals surface area contributed by atoms with Crippen LogP contribution in [0.1, 0.15) is 35.6 Å². The average molecular weight is 416 g/mol. The third kappa shape index (κ3) is 4.42. The lowest BCUT2D eigenvalue weighted by Crippen LogP contribution is -2.04. The summed E-state index contributed by atoms with van der Waals surface area (Å²) in [5, 5.41) is 1.13. The fourth-order valence-electron chi connectivity index (χ4n) is 4.31. The van der Waals surface area contributed by atoms with E-state index < -0.39 is 0 Å². The summed E-state index contributed by atoms with van der Waals surface area (Å²) < 4.78 is 0. The summed E-state index contributed by atoms with van der Waals surface area (Å²) in [6.45, 7) is 0. The molecular formula is C29H25N3. The van der Waals surface area contributed by atoms with Crippen LogP contribution < -0.4 is 0 Å². The van der Waals surface area contributed by atoms with Crippen molar-refractivity contribution in [3.05, 3.63) is 126 Å². The maximum Gasteiger partial charge on any atom is 0.178 e. The number of hydrogen-bond donors (Lipinski definition) is 0. The number of fused-ring (bicyclic) bond motifs is 1. The lowest BCUT2D eigenvalue weighted by atomic mass is 9.87. The van der Waals surface area contributed by atoms with Crippen LogP contribution in [-0.4, -0.2) is 15.0 Å². The smallest absolute Gasteiger partial charge is 0.178 e. The van der Waals surface area contributed by atoms with Gasteiger partial charge in [-0.1, -0.05) is 84.9 Å². The Labute approximate surface area is 188 Å². The molecule has 5 rings (SSSR count). The maximum atomic E-state index is 4.94. The van der Waals surface area contributed by atoms with Crippen LogP contribution in [0.25, 0.3) is 22.4 Å². The van der Waals surface area contributed by atoms with Crippen molar-refractivity contribution in [1.29, 1.82) is 0 Å². The molecule has 0 aliphatic carbocycles. The predicted molar refractivity (Wildman–Crippen MR) is 130 cm³/mol. The Kier molecular flexibility index (Phi) is 5.98. The van der Waals surface area contributed by atoms with Crippen LogP contribution in [0.3, 0.4) is 0 Å². The highest BCUT2D eigenvalue weighted by Crippen LogP contribution is 2.30. The third-order valence-electron chi connectivity index (χ3n) is 5.89. The lowest BCUT2D eigenvalue weighted by molar-refractivity contribution is 0.656. The number of aryl methyl sites for hydroxylation is 1. The van der Waals surface area contributed by atoms with Gasteiger partial charge in [-0.2, -0.15) is 0 Å². The summed E-state index contributed by atoms with van der Waals surface area (Å²) in [6.07, 6.45) is 4.79. The van der Waals surface area contributed by atoms with Crippen molar-refractivity contribution in [3.8, 4) is 11.5 Å². The molecule has 3 heteroatoms. The van der Waals surface area contributed by atoms with Crippen LogP contribution in [0.2, 0.25) is 0 Å². The van der Waals surface area contributed by atoms with Gasteiger partial charge >= 0.3 is 0 Å². The zero-order chi connectivity index (χ0) is 21.6. The van der Waals surface area contributed by atoms with Crippen molar-refractivity contribution in [2.24, 2.45) is 0 Å². The minimum absolute atomic E-state index is 0.376. The molecule has 32 heavy (non-hydrogen) atoms. The van der Waals surface area contributed by atoms with Gasteiger partial charge in [0, 0.05) is 17.5 Å². The highest BCUT2D eigenvalue weighted by molar-refractivity contribution is 5.82. The molecule has 0 atom stereocenters. The second-order valence-electron chi connectivity index (χ2n) is 7.99. The lowest BCUT2D eigenvalue weighted by Gasteiger charge is -2.18. The van der Waals surface area contributed by atoms with Crippen LogP contribution >= 0.6 is 0 Å². The largest absolute Gasteiger partial charge is 0.253 e. The first-order valence-electron chi connectivity index (χ1n) is 11.2. The van der Waals surface area contributed by atoms with Crippen LogP contribution in [0.15, 0.2) is 109 Å². The Morgan fingerprint density at radius 2 is 1.28 bits per heavy atom. The van der Waals surface area contributed by atoms with Crippen LogP contribution in [-0.2, 0) is 6.42 Å². The SMILES string of the molecule is c1ccc(C(CCCc2nc(-c3ccccn3)nc3ccccc23)c2ccccc2)cc1. The standard InChI is InChI=1S/C29H25N3/c1-3-12-22(13-4-1)24(23-14-5-2-6-15-23)17-11-20-27-25-16-7-8-18-26(25)31-29(32-27)28-19-9-10-21-30-28/h1-10,12-16,18-19,21,24H,11,17,20H2. The van der Waals surface area contributed by atoms with E-state index >= 15 is 0 Å². The first-order chi connectivity index (χ1) is 15.9. The summed E-state index contributed by atoms with van der Waals surface area (Å²) in [6, 6.07) is 35.7. The van der Waals surface area contributed by atoms with Gasteiger partial charge < -0.3 is 0 Å². The van der Waals surface area contributed by atoms with E-state index in [1.165, 1.54) is 11.1 Å². The highest BCUT2D eigenvalue weighted by atomic mass is 14.9. The van der Waals surface area contributed by atoms with Gasteiger partial charge in [0.1, 0.15) is 5.69 Å². The van der Waals surface area contributed by atoms with Gasteiger partial charge in [-0.15, -0.1) is 0 Å². The molecule has 0 amide bonds. The van der Waals surface area contributed by atoms with Crippen molar-refractivity contribution >= 4 is 10.9 Å². The Morgan fingerprint density at radius 1 is 0.625 bits per heavy atom. The van der Waals surface area contributed by atoms with E-state index in [1.54, 1.807) is 6.20 Å². The number of benzene rings is 3. The molecule has 5 aromatic rings. The van der Waals surface area contributed by atoms with Gasteiger partial charge in [-0.25, -0.2) is 9.97 Å². The summed E-state index contributed by atoms with van der Waals surface area (Å²) in [4.78, 5) is 14.2. The summed E-state index contributed by atoms with van der Waals surface area (Å²) >= 11 is 0. The quantitative estimate of drug-likeness (QED) is 0.292. The molecule has 0 unspecified atom stereocenters. The fraction of sp³-hybridized carbons (Fsp3) is 0.138. The van der Waals surface area contributed by atoms with Gasteiger partial charge in [0.2, 0.25) is 0 Å². The van der Waals surface area contributed by atoms with Gasteiger partial charge in [0.15, 0.2) is 5.82 Å². The van der Waals surface area contributed by atoms with Gasteiger partial charge in [-0.05, 0) is 48.6 Å².